The first-order valence-electron chi connectivity index (χ1n) is 19.0. The van der Waals surface area contributed by atoms with Gasteiger partial charge in [0.15, 0.2) is 16.6 Å². The van der Waals surface area contributed by atoms with Gasteiger partial charge >= 0.3 is 5.97 Å². The fourth-order valence-electron chi connectivity index (χ4n) is 5.55. The number of aliphatic hydroxyl groups excluding tert-OH is 1. The molecule has 7 unspecified atom stereocenters. The molecule has 0 aliphatic carbocycles. The number of carboxylic acid groups (broad SMARTS) is 1. The van der Waals surface area contributed by atoms with E-state index in [9.17, 15) is 9.90 Å². The third kappa shape index (κ3) is 15.7. The number of carbonyl (C=O) groups is 1. The molecular formula is C42H70O8Si2. The lowest BCUT2D eigenvalue weighted by Gasteiger charge is -2.40. The van der Waals surface area contributed by atoms with Gasteiger partial charge in [0.2, 0.25) is 0 Å². The van der Waals surface area contributed by atoms with Crippen molar-refractivity contribution in [2.24, 2.45) is 0 Å². The second-order valence-electron chi connectivity index (χ2n) is 17.5. The van der Waals surface area contributed by atoms with Gasteiger partial charge < -0.3 is 33.3 Å². The molecule has 0 aromatic rings. The SMILES string of the molecule is C=C(CCCC1OC(CC#CC(=O)O)C=CC1OC)CC(C=CCC(O)C(C=CC1CC(C)=CCO1)O[Si](C)(C)C(C)(C)C)O[Si](C)(C)C(C)(C)C. The van der Waals surface area contributed by atoms with E-state index in [1.807, 2.05) is 24.3 Å². The van der Waals surface area contributed by atoms with Gasteiger partial charge in [0, 0.05) is 19.5 Å². The van der Waals surface area contributed by atoms with Crippen LogP contribution in [0.3, 0.4) is 0 Å². The Morgan fingerprint density at radius 1 is 1.08 bits per heavy atom. The number of methoxy groups -OCH3 is 1. The van der Waals surface area contributed by atoms with Crippen LogP contribution in [0.1, 0.15) is 93.4 Å². The fourth-order valence-corrected chi connectivity index (χ4v) is 8.09. The molecule has 52 heavy (non-hydrogen) atoms. The van der Waals surface area contributed by atoms with Crippen molar-refractivity contribution in [2.45, 2.75) is 172 Å². The maximum absolute atomic E-state index is 11.6. The Kier molecular flexibility index (Phi) is 18.2. The molecule has 0 fully saturated rings. The molecule has 0 amide bonds. The predicted octanol–water partition coefficient (Wildman–Crippen LogP) is 9.30. The molecule has 294 valence electrons. The lowest BCUT2D eigenvalue weighted by Crippen LogP contribution is -2.46. The molecule has 2 rings (SSSR count). The Bertz CT molecular complexity index is 1340. The smallest absolute Gasteiger partial charge is 0.381 e. The predicted molar refractivity (Wildman–Crippen MR) is 217 cm³/mol. The van der Waals surface area contributed by atoms with Gasteiger partial charge in [-0.15, -0.1) is 0 Å². The number of rotatable bonds is 18. The topological polar surface area (TPSA) is 104 Å². The van der Waals surface area contributed by atoms with Crippen LogP contribution in [-0.2, 0) is 27.9 Å². The summed E-state index contributed by atoms with van der Waals surface area (Å²) in [6.07, 6.45) is 17.0. The maximum Gasteiger partial charge on any atom is 0.381 e. The molecule has 0 bridgehead atoms. The first kappa shape index (κ1) is 46.1. The van der Waals surface area contributed by atoms with Crippen molar-refractivity contribution >= 4 is 22.6 Å². The van der Waals surface area contributed by atoms with E-state index in [-0.39, 0.29) is 40.6 Å². The van der Waals surface area contributed by atoms with Gasteiger partial charge in [-0.05, 0) is 81.7 Å². The molecule has 0 radical (unpaired) electrons. The summed E-state index contributed by atoms with van der Waals surface area (Å²) in [7, 11) is -2.63. The first-order valence-corrected chi connectivity index (χ1v) is 24.8. The molecule has 2 aliphatic heterocycles. The second kappa shape index (κ2) is 20.6. The highest BCUT2D eigenvalue weighted by Crippen LogP contribution is 2.39. The molecule has 2 aliphatic rings. The van der Waals surface area contributed by atoms with E-state index in [1.165, 1.54) is 5.57 Å². The number of ether oxygens (including phenoxy) is 3. The van der Waals surface area contributed by atoms with Crippen LogP contribution in [0.25, 0.3) is 0 Å². The van der Waals surface area contributed by atoms with Gasteiger partial charge in [0.25, 0.3) is 0 Å². The molecule has 0 aromatic carbocycles. The van der Waals surface area contributed by atoms with E-state index in [4.69, 9.17) is 28.2 Å². The normalized spacial score (nSPS) is 23.6. The zero-order valence-electron chi connectivity index (χ0n) is 34.3. The number of aliphatic hydroxyl groups is 1. The standard InChI is InChI=1S/C42H70O8Si2/c1-31(17-14-21-39-38(46-9)26-23-33(48-39)18-16-22-40(44)45)30-35(49-51(10,11)41(3,4)5)19-15-20-36(43)37(50-52(12,13)42(6,7)8)25-24-34-29-32(2)27-28-47-34/h15,19,23-27,33-39,43H,1,14,17-18,20-21,28-30H2,2-13H3,(H,44,45). The Morgan fingerprint density at radius 3 is 2.33 bits per heavy atom. The molecule has 0 spiro atoms. The van der Waals surface area contributed by atoms with Crippen LogP contribution in [0.15, 0.2) is 60.3 Å². The van der Waals surface area contributed by atoms with Crippen LogP contribution in [0.2, 0.25) is 36.3 Å². The molecule has 0 saturated carbocycles. The minimum Gasteiger partial charge on any atom is -0.472 e. The summed E-state index contributed by atoms with van der Waals surface area (Å²) in [5, 5.41) is 20.5. The van der Waals surface area contributed by atoms with Crippen LogP contribution >= 0.6 is 0 Å². The van der Waals surface area contributed by atoms with Crippen LogP contribution in [0.4, 0.5) is 0 Å². The van der Waals surface area contributed by atoms with Crippen LogP contribution in [0.5, 0.6) is 0 Å². The molecule has 2 heterocycles. The highest BCUT2D eigenvalue weighted by molar-refractivity contribution is 6.74. The van der Waals surface area contributed by atoms with Crippen LogP contribution in [-0.4, -0.2) is 89.3 Å². The van der Waals surface area contributed by atoms with Crippen molar-refractivity contribution in [1.82, 2.24) is 0 Å². The summed E-state index contributed by atoms with van der Waals surface area (Å²) >= 11 is 0. The lowest BCUT2D eigenvalue weighted by molar-refractivity contribution is -0.130. The lowest BCUT2D eigenvalue weighted by atomic mass is 9.98. The van der Waals surface area contributed by atoms with E-state index < -0.39 is 34.8 Å². The van der Waals surface area contributed by atoms with Gasteiger partial charge in [-0.25, -0.2) is 4.79 Å². The first-order chi connectivity index (χ1) is 24.0. The van der Waals surface area contributed by atoms with E-state index >= 15 is 0 Å². The summed E-state index contributed by atoms with van der Waals surface area (Å²) in [5.74, 6) is 3.69. The number of carboxylic acids is 1. The number of hydrogen-bond donors (Lipinski definition) is 2. The van der Waals surface area contributed by atoms with Crippen molar-refractivity contribution in [3.63, 3.8) is 0 Å². The maximum atomic E-state index is 11.6. The highest BCUT2D eigenvalue weighted by Gasteiger charge is 2.41. The summed E-state index contributed by atoms with van der Waals surface area (Å²) in [4.78, 5) is 10.8. The third-order valence-electron chi connectivity index (χ3n) is 10.9. The third-order valence-corrected chi connectivity index (χ3v) is 19.9. The molecule has 2 N–H and O–H groups in total. The van der Waals surface area contributed by atoms with Crippen molar-refractivity contribution in [1.29, 1.82) is 0 Å². The molecular weight excluding hydrogens is 689 g/mol. The van der Waals surface area contributed by atoms with Crippen molar-refractivity contribution in [3.8, 4) is 11.8 Å². The Balaban J connectivity index is 2.14. The molecule has 0 aromatic heterocycles. The number of aliphatic carboxylic acids is 1. The zero-order valence-corrected chi connectivity index (χ0v) is 36.3. The van der Waals surface area contributed by atoms with Crippen LogP contribution < -0.4 is 0 Å². The second-order valence-corrected chi connectivity index (χ2v) is 27.0. The van der Waals surface area contributed by atoms with E-state index in [2.05, 4.69) is 111 Å². The minimum absolute atomic E-state index is 0.000403. The van der Waals surface area contributed by atoms with Gasteiger partial charge in [-0.3, -0.25) is 0 Å². The van der Waals surface area contributed by atoms with Gasteiger partial charge in [0.1, 0.15) is 6.10 Å². The fraction of sp³-hybridized carbons (Fsp3) is 0.690. The zero-order chi connectivity index (χ0) is 39.3. The summed E-state index contributed by atoms with van der Waals surface area (Å²) in [6, 6.07) is 0. The van der Waals surface area contributed by atoms with Gasteiger partial charge in [0.05, 0.1) is 43.2 Å². The summed E-state index contributed by atoms with van der Waals surface area (Å²) in [5.41, 5.74) is 2.41. The quantitative estimate of drug-likeness (QED) is 0.0811. The Hall–Kier alpha value is -2.08. The Labute approximate surface area is 318 Å². The monoisotopic (exact) mass is 758 g/mol. The minimum atomic E-state index is -2.18. The average molecular weight is 759 g/mol. The molecule has 10 heteroatoms. The van der Waals surface area contributed by atoms with Crippen molar-refractivity contribution in [2.75, 3.05) is 13.7 Å². The summed E-state index contributed by atoms with van der Waals surface area (Å²) < 4.78 is 31.5. The summed E-state index contributed by atoms with van der Waals surface area (Å²) in [6.45, 7) is 29.5. The highest BCUT2D eigenvalue weighted by atomic mass is 28.4. The van der Waals surface area contributed by atoms with E-state index in [1.54, 1.807) is 7.11 Å². The largest absolute Gasteiger partial charge is 0.472 e. The van der Waals surface area contributed by atoms with Gasteiger partial charge in [-0.2, -0.15) is 0 Å². The number of hydrogen-bond acceptors (Lipinski definition) is 7. The molecule has 8 nitrogen and oxygen atoms in total. The Morgan fingerprint density at radius 2 is 1.73 bits per heavy atom. The van der Waals surface area contributed by atoms with E-state index in [0.717, 1.165) is 31.3 Å². The van der Waals surface area contributed by atoms with Crippen LogP contribution in [0, 0.1) is 11.8 Å². The van der Waals surface area contributed by atoms with Crippen molar-refractivity contribution < 1.29 is 38.1 Å². The molecule has 0 saturated heterocycles. The molecule has 7 atom stereocenters. The van der Waals surface area contributed by atoms with Crippen molar-refractivity contribution in [3.05, 3.63) is 60.3 Å². The van der Waals surface area contributed by atoms with Gasteiger partial charge in [-0.1, -0.05) is 108 Å². The average Bonchev–Trinajstić information content (AvgIpc) is 3.01. The van der Waals surface area contributed by atoms with E-state index in [0.29, 0.717) is 25.9 Å².